The number of nitrogens with one attached hydrogen (secondary N) is 1. The smallest absolute Gasteiger partial charge is 0.221 e. The molecule has 1 atom stereocenters. The summed E-state index contributed by atoms with van der Waals surface area (Å²) in [5, 5.41) is 3.44. The molecule has 0 saturated carbocycles. The Hall–Kier alpha value is -1.39. The second-order valence-electron chi connectivity index (χ2n) is 5.07. The van der Waals surface area contributed by atoms with Crippen molar-refractivity contribution in [2.45, 2.75) is 28.4 Å². The number of hydrogen-bond donors (Lipinski definition) is 1. The van der Waals surface area contributed by atoms with Gasteiger partial charge in [0.05, 0.1) is 0 Å². The number of anilines is 1. The maximum atomic E-state index is 11.0. The van der Waals surface area contributed by atoms with Crippen molar-refractivity contribution in [3.63, 3.8) is 0 Å². The summed E-state index contributed by atoms with van der Waals surface area (Å²) < 4.78 is 0. The van der Waals surface area contributed by atoms with E-state index in [9.17, 15) is 4.79 Å². The van der Waals surface area contributed by atoms with Gasteiger partial charge in [-0.15, -0.1) is 23.5 Å². The van der Waals surface area contributed by atoms with Gasteiger partial charge >= 0.3 is 0 Å². The van der Waals surface area contributed by atoms with Gasteiger partial charge in [-0.05, 0) is 42.3 Å². The zero-order valence-corrected chi connectivity index (χ0v) is 13.5. The number of rotatable bonds is 4. The van der Waals surface area contributed by atoms with E-state index in [2.05, 4.69) is 41.7 Å². The van der Waals surface area contributed by atoms with Gasteiger partial charge in [0.25, 0.3) is 0 Å². The average Bonchev–Trinajstić information content (AvgIpc) is 2.89. The topological polar surface area (TPSA) is 29.1 Å². The Balaban J connectivity index is 1.53. The molecule has 0 aliphatic carbocycles. The second kappa shape index (κ2) is 6.58. The zero-order valence-electron chi connectivity index (χ0n) is 11.8. The minimum Gasteiger partial charge on any atom is -0.326 e. The first kappa shape index (κ1) is 14.5. The number of carbonyl (C=O) groups is 1. The van der Waals surface area contributed by atoms with E-state index in [1.54, 1.807) is 0 Å². The van der Waals surface area contributed by atoms with Crippen LogP contribution >= 0.6 is 23.5 Å². The van der Waals surface area contributed by atoms with E-state index in [1.807, 2.05) is 35.7 Å². The summed E-state index contributed by atoms with van der Waals surface area (Å²) in [5.74, 6) is 1.08. The molecule has 1 amide bonds. The molecule has 0 bridgehead atoms. The van der Waals surface area contributed by atoms with E-state index in [-0.39, 0.29) is 5.91 Å². The van der Waals surface area contributed by atoms with E-state index in [1.165, 1.54) is 22.3 Å². The first-order valence-corrected chi connectivity index (χ1v) is 8.82. The molecule has 1 N–H and O–H groups in total. The quantitative estimate of drug-likeness (QED) is 0.845. The third-order valence-corrected chi connectivity index (χ3v) is 6.03. The van der Waals surface area contributed by atoms with Gasteiger partial charge in [-0.3, -0.25) is 4.79 Å². The summed E-state index contributed by atoms with van der Waals surface area (Å²) >= 11 is 3.87. The minimum atomic E-state index is -0.0319. The Morgan fingerprint density at radius 1 is 1.24 bits per heavy atom. The summed E-state index contributed by atoms with van der Waals surface area (Å²) in [6.45, 7) is 1.53. The summed E-state index contributed by atoms with van der Waals surface area (Å²) in [5.41, 5.74) is 2.34. The fourth-order valence-corrected chi connectivity index (χ4v) is 4.76. The van der Waals surface area contributed by atoms with Crippen molar-refractivity contribution in [1.82, 2.24) is 0 Å². The van der Waals surface area contributed by atoms with Gasteiger partial charge in [0.2, 0.25) is 5.91 Å². The number of carbonyl (C=O) groups excluding carboxylic acids is 1. The molecule has 1 heterocycles. The van der Waals surface area contributed by atoms with Crippen LogP contribution in [0.5, 0.6) is 0 Å². The van der Waals surface area contributed by atoms with Crippen LogP contribution < -0.4 is 5.32 Å². The van der Waals surface area contributed by atoms with E-state index in [0.29, 0.717) is 5.25 Å². The van der Waals surface area contributed by atoms with Gasteiger partial charge in [0.1, 0.15) is 0 Å². The van der Waals surface area contributed by atoms with Gasteiger partial charge in [-0.2, -0.15) is 0 Å². The van der Waals surface area contributed by atoms with Gasteiger partial charge in [-0.1, -0.05) is 18.2 Å². The zero-order chi connectivity index (χ0) is 14.7. The van der Waals surface area contributed by atoms with Crippen LogP contribution in [0.15, 0.2) is 58.3 Å². The fraction of sp³-hybridized carbons (Fsp3) is 0.235. The molecule has 1 aliphatic heterocycles. The third-order valence-electron chi connectivity index (χ3n) is 3.32. The second-order valence-corrected chi connectivity index (χ2v) is 7.50. The highest BCUT2D eigenvalue weighted by molar-refractivity contribution is 8.03. The molecule has 4 heteroatoms. The van der Waals surface area contributed by atoms with Gasteiger partial charge in [-0.25, -0.2) is 0 Å². The first-order valence-electron chi connectivity index (χ1n) is 6.96. The number of amides is 1. The van der Waals surface area contributed by atoms with Crippen molar-refractivity contribution in [2.24, 2.45) is 0 Å². The molecule has 3 rings (SSSR count). The highest BCUT2D eigenvalue weighted by Crippen LogP contribution is 2.39. The molecule has 21 heavy (non-hydrogen) atoms. The van der Waals surface area contributed by atoms with E-state index in [4.69, 9.17) is 0 Å². The Bertz CT molecular complexity index is 614. The molecular weight excluding hydrogens is 298 g/mol. The fourth-order valence-electron chi connectivity index (χ4n) is 2.37. The highest BCUT2D eigenvalue weighted by atomic mass is 32.2. The van der Waals surface area contributed by atoms with Crippen LogP contribution in [0.4, 0.5) is 5.69 Å². The molecule has 0 aromatic heterocycles. The van der Waals surface area contributed by atoms with Crippen molar-refractivity contribution in [1.29, 1.82) is 0 Å². The van der Waals surface area contributed by atoms with Crippen molar-refractivity contribution in [3.05, 3.63) is 54.1 Å². The lowest BCUT2D eigenvalue weighted by Gasteiger charge is -2.08. The predicted octanol–water partition coefficient (Wildman–Crippen LogP) is 4.45. The van der Waals surface area contributed by atoms with Crippen molar-refractivity contribution in [3.8, 4) is 0 Å². The lowest BCUT2D eigenvalue weighted by Crippen LogP contribution is -2.05. The Kier molecular flexibility index (Phi) is 4.56. The molecule has 2 aromatic carbocycles. The standard InChI is InChI=1S/C17H17NOS2/c1-12(19)18-14-6-8-15(9-7-14)20-11-16-10-13-4-2-3-5-17(13)21-16/h2-9,16H,10-11H2,1H3,(H,18,19). The largest absolute Gasteiger partial charge is 0.326 e. The summed E-state index contributed by atoms with van der Waals surface area (Å²) in [7, 11) is 0. The van der Waals surface area contributed by atoms with Crippen LogP contribution in [0.3, 0.4) is 0 Å². The maximum Gasteiger partial charge on any atom is 0.221 e. The summed E-state index contributed by atoms with van der Waals surface area (Å²) in [4.78, 5) is 13.7. The van der Waals surface area contributed by atoms with E-state index in [0.717, 1.165) is 17.9 Å². The molecule has 2 nitrogen and oxygen atoms in total. The molecule has 0 fully saturated rings. The molecule has 1 unspecified atom stereocenters. The van der Waals surface area contributed by atoms with E-state index < -0.39 is 0 Å². The SMILES string of the molecule is CC(=O)Nc1ccc(SCC2Cc3ccccc3S2)cc1. The normalized spacial score (nSPS) is 16.5. The molecule has 0 saturated heterocycles. The molecule has 0 spiro atoms. The van der Waals surface area contributed by atoms with Crippen LogP contribution in [0.1, 0.15) is 12.5 Å². The maximum absolute atomic E-state index is 11.0. The number of hydrogen-bond acceptors (Lipinski definition) is 3. The van der Waals surface area contributed by atoms with Crippen LogP contribution in [-0.4, -0.2) is 16.9 Å². The Morgan fingerprint density at radius 2 is 2.00 bits per heavy atom. The van der Waals surface area contributed by atoms with Crippen molar-refractivity contribution >= 4 is 35.1 Å². The number of thioether (sulfide) groups is 2. The van der Waals surface area contributed by atoms with Crippen LogP contribution in [0, 0.1) is 0 Å². The molecule has 2 aromatic rings. The lowest BCUT2D eigenvalue weighted by molar-refractivity contribution is -0.114. The van der Waals surface area contributed by atoms with Gasteiger partial charge in [0.15, 0.2) is 0 Å². The minimum absolute atomic E-state index is 0.0319. The van der Waals surface area contributed by atoms with Crippen LogP contribution in [0.2, 0.25) is 0 Å². The third kappa shape index (κ3) is 3.83. The highest BCUT2D eigenvalue weighted by Gasteiger charge is 2.21. The lowest BCUT2D eigenvalue weighted by atomic mass is 10.1. The average molecular weight is 315 g/mol. The van der Waals surface area contributed by atoms with E-state index >= 15 is 0 Å². The Morgan fingerprint density at radius 3 is 2.71 bits per heavy atom. The molecule has 0 radical (unpaired) electrons. The molecular formula is C17H17NOS2. The number of fused-ring (bicyclic) bond motifs is 1. The molecule has 108 valence electrons. The monoisotopic (exact) mass is 315 g/mol. The van der Waals surface area contributed by atoms with Gasteiger partial charge < -0.3 is 5.32 Å². The Labute approximate surface area is 133 Å². The summed E-state index contributed by atoms with van der Waals surface area (Å²) in [6.07, 6.45) is 1.16. The van der Waals surface area contributed by atoms with Crippen LogP contribution in [0.25, 0.3) is 0 Å². The summed E-state index contributed by atoms with van der Waals surface area (Å²) in [6, 6.07) is 16.7. The van der Waals surface area contributed by atoms with Crippen molar-refractivity contribution in [2.75, 3.05) is 11.1 Å². The molecule has 1 aliphatic rings. The first-order chi connectivity index (χ1) is 10.2. The number of benzene rings is 2. The predicted molar refractivity (Wildman–Crippen MR) is 91.3 cm³/mol. The van der Waals surface area contributed by atoms with Crippen molar-refractivity contribution < 1.29 is 4.79 Å². The van der Waals surface area contributed by atoms with Gasteiger partial charge in [0, 0.05) is 33.4 Å². The van der Waals surface area contributed by atoms with Crippen LogP contribution in [-0.2, 0) is 11.2 Å².